The van der Waals surface area contributed by atoms with Crippen molar-refractivity contribution in [1.29, 1.82) is 0 Å². The molecule has 148 valence electrons. The van der Waals surface area contributed by atoms with Crippen LogP contribution in [0.15, 0.2) is 59.5 Å². The van der Waals surface area contributed by atoms with Gasteiger partial charge in [0, 0.05) is 44.0 Å². The van der Waals surface area contributed by atoms with Gasteiger partial charge in [0.1, 0.15) is 0 Å². The number of fused-ring (bicyclic) bond motifs is 1. The second-order valence-corrected chi connectivity index (χ2v) is 9.18. The largest absolute Gasteiger partial charge is 0.369 e. The average molecular weight is 400 g/mol. The highest BCUT2D eigenvalue weighted by molar-refractivity contribution is 7.89. The summed E-state index contributed by atoms with van der Waals surface area (Å²) in [6.45, 7) is 5.02. The van der Waals surface area contributed by atoms with Gasteiger partial charge < -0.3 is 4.90 Å². The zero-order chi connectivity index (χ0) is 19.6. The summed E-state index contributed by atoms with van der Waals surface area (Å²) in [6, 6.07) is 16.9. The molecule has 0 N–H and O–H groups in total. The van der Waals surface area contributed by atoms with Gasteiger partial charge in [-0.3, -0.25) is 9.69 Å². The fraction of sp³-hybridized carbons (Fsp3) is 0.381. The number of hydrogen-bond acceptors (Lipinski definition) is 5. The van der Waals surface area contributed by atoms with E-state index >= 15 is 0 Å². The van der Waals surface area contributed by atoms with Crippen LogP contribution in [0, 0.1) is 0 Å². The van der Waals surface area contributed by atoms with Gasteiger partial charge in [-0.25, -0.2) is 8.42 Å². The van der Waals surface area contributed by atoms with E-state index in [0.717, 1.165) is 39.1 Å². The van der Waals surface area contributed by atoms with Crippen LogP contribution >= 0.6 is 0 Å². The lowest BCUT2D eigenvalue weighted by Gasteiger charge is -2.36. The number of sulfonamides is 1. The van der Waals surface area contributed by atoms with Crippen LogP contribution < -0.4 is 4.90 Å². The highest BCUT2D eigenvalue weighted by atomic mass is 32.2. The van der Waals surface area contributed by atoms with E-state index < -0.39 is 10.0 Å². The lowest BCUT2D eigenvalue weighted by atomic mass is 10.1. The Balaban J connectivity index is 1.30. The number of hydrogen-bond donors (Lipinski definition) is 0. The highest BCUT2D eigenvalue weighted by Crippen LogP contribution is 2.26. The lowest BCUT2D eigenvalue weighted by molar-refractivity contribution is 0.0954. The second kappa shape index (κ2) is 8.03. The molecular weight excluding hydrogens is 374 g/mol. The Hall–Kier alpha value is -2.22. The molecule has 0 aromatic heterocycles. The van der Waals surface area contributed by atoms with Crippen molar-refractivity contribution in [2.24, 2.45) is 0 Å². The maximum Gasteiger partial charge on any atom is 0.244 e. The standard InChI is InChI=1S/C21H25N3O3S/c25-20-17-24(28(26,27)21-10-5-4-9-19(20)21)12-6-11-22-13-15-23(16-14-22)18-7-2-1-3-8-18/h1-5,7-10H,6,11-17H2. The minimum absolute atomic E-state index is 0.0544. The average Bonchev–Trinajstić information content (AvgIpc) is 2.73. The van der Waals surface area contributed by atoms with Crippen molar-refractivity contribution < 1.29 is 13.2 Å². The Kier molecular flexibility index (Phi) is 5.48. The van der Waals surface area contributed by atoms with E-state index in [2.05, 4.69) is 34.1 Å². The van der Waals surface area contributed by atoms with Crippen LogP contribution in [0.25, 0.3) is 0 Å². The molecule has 0 unspecified atom stereocenters. The van der Waals surface area contributed by atoms with E-state index in [4.69, 9.17) is 0 Å². The minimum atomic E-state index is -3.58. The molecule has 2 heterocycles. The fourth-order valence-corrected chi connectivity index (χ4v) is 5.57. The Bertz CT molecular complexity index is 938. The number of carbonyl (C=O) groups is 1. The minimum Gasteiger partial charge on any atom is -0.369 e. The van der Waals surface area contributed by atoms with E-state index in [-0.39, 0.29) is 17.2 Å². The summed E-state index contributed by atoms with van der Waals surface area (Å²) in [7, 11) is -3.58. The van der Waals surface area contributed by atoms with Crippen LogP contribution in [0.1, 0.15) is 16.8 Å². The number of ketones is 1. The van der Waals surface area contributed by atoms with Gasteiger partial charge in [0.25, 0.3) is 0 Å². The number of Topliss-reactive ketones (excluding diaryl/α,β-unsaturated/α-hetero) is 1. The van der Waals surface area contributed by atoms with E-state index in [1.807, 2.05) is 6.07 Å². The van der Waals surface area contributed by atoms with Crippen LogP contribution in [0.2, 0.25) is 0 Å². The maximum absolute atomic E-state index is 12.8. The molecule has 0 radical (unpaired) electrons. The van der Waals surface area contributed by atoms with Crippen molar-refractivity contribution >= 4 is 21.5 Å². The number of benzene rings is 2. The molecule has 4 rings (SSSR count). The number of anilines is 1. The molecule has 2 aliphatic heterocycles. The molecule has 28 heavy (non-hydrogen) atoms. The third-order valence-electron chi connectivity index (χ3n) is 5.50. The SMILES string of the molecule is O=C1CN(CCCN2CCN(c3ccccc3)CC2)S(=O)(=O)c2ccccc21. The van der Waals surface area contributed by atoms with E-state index in [0.29, 0.717) is 12.1 Å². The van der Waals surface area contributed by atoms with Gasteiger partial charge in [-0.15, -0.1) is 0 Å². The predicted molar refractivity (Wildman–Crippen MR) is 109 cm³/mol. The molecule has 2 aromatic carbocycles. The molecule has 2 aromatic rings. The van der Waals surface area contributed by atoms with Gasteiger partial charge in [-0.1, -0.05) is 30.3 Å². The Labute approximate surface area is 166 Å². The number of piperazine rings is 1. The van der Waals surface area contributed by atoms with Crippen LogP contribution in [0.5, 0.6) is 0 Å². The molecule has 0 amide bonds. The summed E-state index contributed by atoms with van der Waals surface area (Å²) in [6.07, 6.45) is 0.722. The summed E-state index contributed by atoms with van der Waals surface area (Å²) in [4.78, 5) is 17.2. The monoisotopic (exact) mass is 399 g/mol. The van der Waals surface area contributed by atoms with E-state index in [1.165, 1.54) is 16.1 Å². The van der Waals surface area contributed by atoms with Crippen molar-refractivity contribution in [3.05, 3.63) is 60.2 Å². The van der Waals surface area contributed by atoms with Crippen molar-refractivity contribution in [1.82, 2.24) is 9.21 Å². The van der Waals surface area contributed by atoms with Gasteiger partial charge in [-0.2, -0.15) is 4.31 Å². The van der Waals surface area contributed by atoms with Crippen LogP contribution in [0.3, 0.4) is 0 Å². The van der Waals surface area contributed by atoms with Gasteiger partial charge in [0.05, 0.1) is 11.4 Å². The maximum atomic E-state index is 12.8. The first kappa shape index (κ1) is 19.1. The topological polar surface area (TPSA) is 60.9 Å². The highest BCUT2D eigenvalue weighted by Gasteiger charge is 2.35. The molecule has 6 nitrogen and oxygen atoms in total. The number of carbonyl (C=O) groups excluding carboxylic acids is 1. The molecule has 0 aliphatic carbocycles. The predicted octanol–water partition coefficient (Wildman–Crippen LogP) is 2.09. The molecule has 7 heteroatoms. The Morgan fingerprint density at radius 2 is 1.50 bits per heavy atom. The molecular formula is C21H25N3O3S. The first-order chi connectivity index (χ1) is 13.6. The first-order valence-corrected chi connectivity index (χ1v) is 11.1. The van der Waals surface area contributed by atoms with E-state index in [9.17, 15) is 13.2 Å². The molecule has 2 aliphatic rings. The van der Waals surface area contributed by atoms with Gasteiger partial charge in [-0.05, 0) is 37.2 Å². The molecule has 0 atom stereocenters. The van der Waals surface area contributed by atoms with E-state index in [1.54, 1.807) is 18.2 Å². The third-order valence-corrected chi connectivity index (χ3v) is 7.40. The summed E-state index contributed by atoms with van der Waals surface area (Å²) < 4.78 is 26.9. The zero-order valence-electron chi connectivity index (χ0n) is 15.8. The third kappa shape index (κ3) is 3.83. The molecule has 1 saturated heterocycles. The smallest absolute Gasteiger partial charge is 0.244 e. The summed E-state index contributed by atoms with van der Waals surface area (Å²) >= 11 is 0. The zero-order valence-corrected chi connectivity index (χ0v) is 16.6. The molecule has 0 saturated carbocycles. The van der Waals surface area contributed by atoms with Crippen molar-refractivity contribution in [3.8, 4) is 0 Å². The second-order valence-electron chi connectivity index (χ2n) is 7.28. The number of nitrogens with zero attached hydrogens (tertiary/aromatic N) is 3. The quantitative estimate of drug-likeness (QED) is 0.771. The Morgan fingerprint density at radius 3 is 2.25 bits per heavy atom. The molecule has 1 fully saturated rings. The van der Waals surface area contributed by atoms with Crippen molar-refractivity contribution in [2.45, 2.75) is 11.3 Å². The normalized spacial score (nSPS) is 20.1. The molecule has 0 spiro atoms. The van der Waals surface area contributed by atoms with Gasteiger partial charge >= 0.3 is 0 Å². The van der Waals surface area contributed by atoms with Crippen LogP contribution in [-0.4, -0.2) is 69.2 Å². The lowest BCUT2D eigenvalue weighted by Crippen LogP contribution is -2.47. The number of rotatable bonds is 5. The van der Waals surface area contributed by atoms with Crippen LogP contribution in [0.4, 0.5) is 5.69 Å². The summed E-state index contributed by atoms with van der Waals surface area (Å²) in [5, 5.41) is 0. The summed E-state index contributed by atoms with van der Waals surface area (Å²) in [5.74, 6) is -0.123. The van der Waals surface area contributed by atoms with Gasteiger partial charge in [0.2, 0.25) is 10.0 Å². The fourth-order valence-electron chi connectivity index (χ4n) is 3.93. The first-order valence-electron chi connectivity index (χ1n) is 9.70. The van der Waals surface area contributed by atoms with Crippen LogP contribution in [-0.2, 0) is 10.0 Å². The Morgan fingerprint density at radius 1 is 0.821 bits per heavy atom. The summed E-state index contributed by atoms with van der Waals surface area (Å²) in [5.41, 5.74) is 1.56. The number of para-hydroxylation sites is 1. The van der Waals surface area contributed by atoms with Crippen molar-refractivity contribution in [2.75, 3.05) is 50.7 Å². The van der Waals surface area contributed by atoms with Gasteiger partial charge in [0.15, 0.2) is 5.78 Å². The molecule has 0 bridgehead atoms. The van der Waals surface area contributed by atoms with Crippen molar-refractivity contribution in [3.63, 3.8) is 0 Å².